The van der Waals surface area contributed by atoms with Gasteiger partial charge in [0.2, 0.25) is 5.91 Å². The van der Waals surface area contributed by atoms with Crippen LogP contribution in [-0.4, -0.2) is 29.0 Å². The Labute approximate surface area is 101 Å². The van der Waals surface area contributed by atoms with Crippen molar-refractivity contribution in [3.05, 3.63) is 29.8 Å². The first kappa shape index (κ1) is 10.6. The number of phenolic OH excluding ortho intramolecular Hbond substituents is 1. The molecule has 0 aromatic heterocycles. The first-order valence-electron chi connectivity index (χ1n) is 6.29. The second-order valence-corrected chi connectivity index (χ2v) is 5.24. The molecule has 0 radical (unpaired) electrons. The summed E-state index contributed by atoms with van der Waals surface area (Å²) in [5.41, 5.74) is 1.09. The van der Waals surface area contributed by atoms with E-state index in [0.29, 0.717) is 17.6 Å². The summed E-state index contributed by atoms with van der Waals surface area (Å²) in [5.74, 6) is 1.71. The van der Waals surface area contributed by atoms with Crippen molar-refractivity contribution < 1.29 is 9.90 Å². The highest BCUT2D eigenvalue weighted by molar-refractivity contribution is 5.81. The van der Waals surface area contributed by atoms with Crippen LogP contribution in [-0.2, 0) is 11.2 Å². The minimum atomic E-state index is 0.301. The van der Waals surface area contributed by atoms with Crippen molar-refractivity contribution in [3.8, 4) is 5.75 Å². The van der Waals surface area contributed by atoms with E-state index in [2.05, 4.69) is 0 Å². The topological polar surface area (TPSA) is 40.5 Å². The van der Waals surface area contributed by atoms with Gasteiger partial charge >= 0.3 is 0 Å². The normalized spacial score (nSPS) is 26.8. The highest BCUT2D eigenvalue weighted by Gasteiger charge is 2.43. The minimum Gasteiger partial charge on any atom is -0.508 e. The molecule has 17 heavy (non-hydrogen) atoms. The van der Waals surface area contributed by atoms with E-state index >= 15 is 0 Å². The maximum absolute atomic E-state index is 11.9. The lowest BCUT2D eigenvalue weighted by molar-refractivity contribution is -0.148. The molecule has 1 amide bonds. The molecular weight excluding hydrogens is 214 g/mol. The van der Waals surface area contributed by atoms with E-state index in [4.69, 9.17) is 0 Å². The van der Waals surface area contributed by atoms with Gasteiger partial charge in [0, 0.05) is 19.0 Å². The van der Waals surface area contributed by atoms with Crippen LogP contribution in [0.5, 0.6) is 5.75 Å². The lowest BCUT2D eigenvalue weighted by Gasteiger charge is -2.46. The lowest BCUT2D eigenvalue weighted by Crippen LogP contribution is -2.53. The fourth-order valence-corrected chi connectivity index (χ4v) is 2.92. The van der Waals surface area contributed by atoms with Gasteiger partial charge in [-0.15, -0.1) is 0 Å². The Balaban J connectivity index is 1.59. The fraction of sp³-hybridized carbons (Fsp3) is 0.500. The summed E-state index contributed by atoms with van der Waals surface area (Å²) < 4.78 is 0. The molecule has 1 aromatic rings. The molecule has 3 heteroatoms. The number of amides is 1. The number of piperidine rings is 2. The molecule has 3 aliphatic rings. The predicted octanol–water partition coefficient (Wildman–Crippen LogP) is 1.80. The second-order valence-electron chi connectivity index (χ2n) is 5.24. The average molecular weight is 231 g/mol. The van der Waals surface area contributed by atoms with Gasteiger partial charge in [-0.1, -0.05) is 12.1 Å². The lowest BCUT2D eigenvalue weighted by atomic mass is 9.70. The fourth-order valence-electron chi connectivity index (χ4n) is 2.92. The van der Waals surface area contributed by atoms with Crippen LogP contribution in [0.4, 0.5) is 0 Å². The van der Waals surface area contributed by atoms with Crippen molar-refractivity contribution in [1.29, 1.82) is 0 Å². The minimum absolute atomic E-state index is 0.301. The number of rotatable bonds is 3. The summed E-state index contributed by atoms with van der Waals surface area (Å²) in [6.07, 6.45) is 3.06. The molecule has 2 bridgehead atoms. The van der Waals surface area contributed by atoms with Crippen molar-refractivity contribution in [2.24, 2.45) is 11.8 Å². The molecule has 1 aromatic carbocycles. The van der Waals surface area contributed by atoms with Crippen LogP contribution >= 0.6 is 0 Å². The van der Waals surface area contributed by atoms with E-state index in [1.54, 1.807) is 12.1 Å². The third kappa shape index (κ3) is 2.02. The van der Waals surface area contributed by atoms with Crippen LogP contribution in [0.2, 0.25) is 0 Å². The number of fused-ring (bicyclic) bond motifs is 2. The molecule has 1 aliphatic carbocycles. The van der Waals surface area contributed by atoms with Crippen molar-refractivity contribution in [2.75, 3.05) is 13.1 Å². The van der Waals surface area contributed by atoms with E-state index in [9.17, 15) is 9.90 Å². The Morgan fingerprint density at radius 3 is 2.88 bits per heavy atom. The van der Waals surface area contributed by atoms with Gasteiger partial charge in [-0.2, -0.15) is 0 Å². The van der Waals surface area contributed by atoms with Gasteiger partial charge in [-0.3, -0.25) is 4.79 Å². The molecular formula is C14H17NO2. The van der Waals surface area contributed by atoms with E-state index < -0.39 is 0 Å². The molecule has 4 rings (SSSR count). The third-order valence-corrected chi connectivity index (χ3v) is 3.96. The molecule has 3 fully saturated rings. The zero-order valence-electron chi connectivity index (χ0n) is 9.80. The molecule has 0 unspecified atom stereocenters. The number of aromatic hydroxyl groups is 1. The SMILES string of the molecule is O=C1C2CC(C2)CN1CCc1cccc(O)c1. The summed E-state index contributed by atoms with van der Waals surface area (Å²) in [5, 5.41) is 9.37. The van der Waals surface area contributed by atoms with E-state index in [1.807, 2.05) is 17.0 Å². The first-order chi connectivity index (χ1) is 8.22. The molecule has 2 saturated heterocycles. The first-order valence-corrected chi connectivity index (χ1v) is 6.29. The number of carbonyl (C=O) groups excluding carboxylic acids is 1. The van der Waals surface area contributed by atoms with Gasteiger partial charge in [0.15, 0.2) is 0 Å². The molecule has 0 atom stereocenters. The zero-order chi connectivity index (χ0) is 11.8. The Kier molecular flexibility index (Phi) is 2.54. The van der Waals surface area contributed by atoms with E-state index in [1.165, 1.54) is 0 Å². The highest BCUT2D eigenvalue weighted by Crippen LogP contribution is 2.40. The molecule has 90 valence electrons. The Morgan fingerprint density at radius 1 is 1.35 bits per heavy atom. The Morgan fingerprint density at radius 2 is 2.18 bits per heavy atom. The van der Waals surface area contributed by atoms with E-state index in [0.717, 1.165) is 43.8 Å². The number of nitrogens with zero attached hydrogens (tertiary/aromatic N) is 1. The number of phenols is 1. The molecule has 1 N–H and O–H groups in total. The maximum atomic E-state index is 11.9. The molecule has 1 saturated carbocycles. The van der Waals surface area contributed by atoms with Gasteiger partial charge in [-0.05, 0) is 42.9 Å². The van der Waals surface area contributed by atoms with Gasteiger partial charge in [-0.25, -0.2) is 0 Å². The monoisotopic (exact) mass is 231 g/mol. The summed E-state index contributed by atoms with van der Waals surface area (Å²) in [4.78, 5) is 13.9. The van der Waals surface area contributed by atoms with Crippen molar-refractivity contribution in [3.63, 3.8) is 0 Å². The standard InChI is InChI=1S/C14H17NO2/c16-13-3-1-2-10(8-13)4-5-15-9-11-6-12(7-11)14(15)17/h1-3,8,11-12,16H,4-7,9H2. The number of hydrogen-bond acceptors (Lipinski definition) is 2. The summed E-state index contributed by atoms with van der Waals surface area (Å²) in [6.45, 7) is 1.73. The summed E-state index contributed by atoms with van der Waals surface area (Å²) >= 11 is 0. The molecule has 3 nitrogen and oxygen atoms in total. The smallest absolute Gasteiger partial charge is 0.225 e. The van der Waals surface area contributed by atoms with Crippen LogP contribution in [0.15, 0.2) is 24.3 Å². The van der Waals surface area contributed by atoms with Gasteiger partial charge in [0.05, 0.1) is 0 Å². The Bertz CT molecular complexity index is 438. The van der Waals surface area contributed by atoms with Crippen LogP contribution in [0.1, 0.15) is 18.4 Å². The summed E-state index contributed by atoms with van der Waals surface area (Å²) in [6, 6.07) is 7.29. The second kappa shape index (κ2) is 4.06. The number of benzene rings is 1. The van der Waals surface area contributed by atoms with Gasteiger partial charge in [0.25, 0.3) is 0 Å². The van der Waals surface area contributed by atoms with Gasteiger partial charge in [0.1, 0.15) is 5.75 Å². The van der Waals surface area contributed by atoms with Crippen molar-refractivity contribution in [1.82, 2.24) is 4.90 Å². The van der Waals surface area contributed by atoms with Crippen LogP contribution in [0.25, 0.3) is 0 Å². The third-order valence-electron chi connectivity index (χ3n) is 3.96. The molecule has 2 aliphatic heterocycles. The highest BCUT2D eigenvalue weighted by atomic mass is 16.3. The van der Waals surface area contributed by atoms with Crippen molar-refractivity contribution >= 4 is 5.91 Å². The van der Waals surface area contributed by atoms with Crippen LogP contribution in [0, 0.1) is 11.8 Å². The summed E-state index contributed by atoms with van der Waals surface area (Å²) in [7, 11) is 0. The number of hydrogen-bond donors (Lipinski definition) is 1. The van der Waals surface area contributed by atoms with Gasteiger partial charge < -0.3 is 10.0 Å². The maximum Gasteiger partial charge on any atom is 0.225 e. The largest absolute Gasteiger partial charge is 0.508 e. The zero-order valence-corrected chi connectivity index (χ0v) is 9.80. The van der Waals surface area contributed by atoms with E-state index in [-0.39, 0.29) is 0 Å². The Hall–Kier alpha value is -1.51. The quantitative estimate of drug-likeness (QED) is 0.861. The van der Waals surface area contributed by atoms with Crippen LogP contribution in [0.3, 0.4) is 0 Å². The molecule has 2 heterocycles. The average Bonchev–Trinajstić information content (AvgIpc) is 2.26. The number of carbonyl (C=O) groups is 1. The van der Waals surface area contributed by atoms with Crippen LogP contribution < -0.4 is 0 Å². The molecule has 0 spiro atoms. The van der Waals surface area contributed by atoms with Crippen molar-refractivity contribution in [2.45, 2.75) is 19.3 Å². The predicted molar refractivity (Wildman–Crippen MR) is 64.6 cm³/mol.